The molecule has 1 aromatic carbocycles. The molecule has 4 nitrogen and oxygen atoms in total. The van der Waals surface area contributed by atoms with Crippen molar-refractivity contribution in [3.05, 3.63) is 41.3 Å². The van der Waals surface area contributed by atoms with Crippen LogP contribution in [0.25, 0.3) is 0 Å². The Bertz CT molecular complexity index is 528. The molecule has 1 aromatic heterocycles. The van der Waals surface area contributed by atoms with Crippen molar-refractivity contribution in [2.24, 2.45) is 0 Å². The van der Waals surface area contributed by atoms with E-state index in [4.69, 9.17) is 22.1 Å². The Hall–Kier alpha value is -1.81. The first-order valence-corrected chi connectivity index (χ1v) is 6.11. The highest BCUT2D eigenvalue weighted by Crippen LogP contribution is 2.28. The minimum absolute atomic E-state index is 0.197. The Labute approximate surface area is 111 Å². The molecule has 0 fully saturated rings. The van der Waals surface area contributed by atoms with E-state index in [-0.39, 0.29) is 16.7 Å². The standard InChI is InChI=1S/C13H14ClN3O/c1-2-3-9-4-6-10(7-5-9)18-13-11(15)12(14)16-8-17-13/h4-8H,2-3,15H2,1H3. The maximum atomic E-state index is 5.79. The summed E-state index contributed by atoms with van der Waals surface area (Å²) in [5, 5.41) is 0.197. The first kappa shape index (κ1) is 12.6. The van der Waals surface area contributed by atoms with Crippen LogP contribution in [0.2, 0.25) is 5.15 Å². The number of nitrogens with zero attached hydrogens (tertiary/aromatic N) is 2. The SMILES string of the molecule is CCCc1ccc(Oc2ncnc(Cl)c2N)cc1. The fourth-order valence-corrected chi connectivity index (χ4v) is 1.69. The van der Waals surface area contributed by atoms with Crippen LogP contribution in [0.4, 0.5) is 5.69 Å². The molecule has 0 aliphatic heterocycles. The van der Waals surface area contributed by atoms with Gasteiger partial charge in [-0.25, -0.2) is 4.98 Å². The lowest BCUT2D eigenvalue weighted by molar-refractivity contribution is 0.464. The van der Waals surface area contributed by atoms with Crippen LogP contribution in [0.15, 0.2) is 30.6 Å². The second-order valence-corrected chi connectivity index (χ2v) is 4.24. The molecule has 2 aromatic rings. The molecule has 0 spiro atoms. The summed E-state index contributed by atoms with van der Waals surface area (Å²) in [5.41, 5.74) is 7.25. The van der Waals surface area contributed by atoms with Gasteiger partial charge in [-0.05, 0) is 24.1 Å². The summed E-state index contributed by atoms with van der Waals surface area (Å²) in [7, 11) is 0. The predicted octanol–water partition coefficient (Wildman–Crippen LogP) is 3.46. The molecule has 2 N–H and O–H groups in total. The molecule has 0 aliphatic rings. The third-order valence-electron chi connectivity index (χ3n) is 2.48. The molecule has 18 heavy (non-hydrogen) atoms. The number of hydrogen-bond acceptors (Lipinski definition) is 4. The summed E-state index contributed by atoms with van der Waals surface area (Å²) in [5.74, 6) is 0.953. The van der Waals surface area contributed by atoms with Gasteiger partial charge in [0.1, 0.15) is 17.8 Å². The van der Waals surface area contributed by atoms with E-state index in [2.05, 4.69) is 16.9 Å². The first-order valence-electron chi connectivity index (χ1n) is 5.73. The first-order chi connectivity index (χ1) is 8.70. The van der Waals surface area contributed by atoms with Crippen LogP contribution in [0.5, 0.6) is 11.6 Å². The van der Waals surface area contributed by atoms with Gasteiger partial charge in [0.05, 0.1) is 0 Å². The summed E-state index contributed by atoms with van der Waals surface area (Å²) in [4.78, 5) is 7.72. The van der Waals surface area contributed by atoms with Crippen LogP contribution in [0.3, 0.4) is 0 Å². The van der Waals surface area contributed by atoms with Crippen LogP contribution in [-0.2, 0) is 6.42 Å². The van der Waals surface area contributed by atoms with E-state index < -0.39 is 0 Å². The number of aromatic nitrogens is 2. The van der Waals surface area contributed by atoms with Gasteiger partial charge >= 0.3 is 0 Å². The summed E-state index contributed by atoms with van der Waals surface area (Å²) >= 11 is 5.79. The molecule has 0 saturated heterocycles. The van der Waals surface area contributed by atoms with Crippen molar-refractivity contribution >= 4 is 17.3 Å². The minimum atomic E-state index is 0.197. The Morgan fingerprint density at radius 3 is 2.61 bits per heavy atom. The molecule has 5 heteroatoms. The van der Waals surface area contributed by atoms with E-state index in [9.17, 15) is 0 Å². The molecule has 1 heterocycles. The monoisotopic (exact) mass is 263 g/mol. The molecule has 0 unspecified atom stereocenters. The van der Waals surface area contributed by atoms with Crippen LogP contribution in [-0.4, -0.2) is 9.97 Å². The van der Waals surface area contributed by atoms with Crippen molar-refractivity contribution in [2.75, 3.05) is 5.73 Å². The largest absolute Gasteiger partial charge is 0.437 e. The highest BCUT2D eigenvalue weighted by molar-refractivity contribution is 6.32. The summed E-state index contributed by atoms with van der Waals surface area (Å²) in [6.45, 7) is 2.15. The van der Waals surface area contributed by atoms with Gasteiger partial charge < -0.3 is 10.5 Å². The number of aryl methyl sites for hydroxylation is 1. The maximum Gasteiger partial charge on any atom is 0.247 e. The van der Waals surface area contributed by atoms with Gasteiger partial charge in [-0.2, -0.15) is 4.98 Å². The maximum absolute atomic E-state index is 5.79. The fraction of sp³-hybridized carbons (Fsp3) is 0.231. The predicted molar refractivity (Wildman–Crippen MR) is 72.0 cm³/mol. The molecule has 0 atom stereocenters. The van der Waals surface area contributed by atoms with Crippen LogP contribution in [0.1, 0.15) is 18.9 Å². The van der Waals surface area contributed by atoms with Gasteiger partial charge in [0.2, 0.25) is 5.88 Å². The second-order valence-electron chi connectivity index (χ2n) is 3.88. The number of rotatable bonds is 4. The average molecular weight is 264 g/mol. The van der Waals surface area contributed by atoms with Crippen molar-refractivity contribution < 1.29 is 4.74 Å². The number of nitrogens with two attached hydrogens (primary N) is 1. The zero-order valence-corrected chi connectivity index (χ0v) is 10.8. The zero-order valence-electron chi connectivity index (χ0n) is 10.1. The van der Waals surface area contributed by atoms with E-state index in [0.29, 0.717) is 5.75 Å². The molecule has 2 rings (SSSR count). The molecule has 94 valence electrons. The summed E-state index contributed by atoms with van der Waals surface area (Å²) in [6.07, 6.45) is 3.50. The molecule has 0 bridgehead atoms. The quantitative estimate of drug-likeness (QED) is 0.858. The lowest BCUT2D eigenvalue weighted by Crippen LogP contribution is -1.97. The molecule has 0 saturated carbocycles. The smallest absolute Gasteiger partial charge is 0.247 e. The molecular formula is C13H14ClN3O. The van der Waals surface area contributed by atoms with Crippen molar-refractivity contribution in [2.45, 2.75) is 19.8 Å². The summed E-state index contributed by atoms with van der Waals surface area (Å²) < 4.78 is 5.56. The topological polar surface area (TPSA) is 61.0 Å². The lowest BCUT2D eigenvalue weighted by atomic mass is 10.1. The Morgan fingerprint density at radius 2 is 1.94 bits per heavy atom. The number of hydrogen-bond donors (Lipinski definition) is 1. The van der Waals surface area contributed by atoms with Crippen molar-refractivity contribution in [1.82, 2.24) is 9.97 Å². The highest BCUT2D eigenvalue weighted by atomic mass is 35.5. The second kappa shape index (κ2) is 5.69. The number of nitrogen functional groups attached to an aromatic ring is 1. The van der Waals surface area contributed by atoms with Gasteiger partial charge in [0.15, 0.2) is 5.15 Å². The van der Waals surface area contributed by atoms with Crippen molar-refractivity contribution in [3.63, 3.8) is 0 Å². The van der Waals surface area contributed by atoms with Gasteiger partial charge in [0, 0.05) is 0 Å². The van der Waals surface area contributed by atoms with Crippen LogP contribution in [0, 0.1) is 0 Å². The van der Waals surface area contributed by atoms with Crippen molar-refractivity contribution in [3.8, 4) is 11.6 Å². The number of ether oxygens (including phenoxy) is 1. The van der Waals surface area contributed by atoms with Gasteiger partial charge in [-0.3, -0.25) is 0 Å². The molecule has 0 radical (unpaired) electrons. The Balaban J connectivity index is 2.16. The van der Waals surface area contributed by atoms with E-state index >= 15 is 0 Å². The number of halogens is 1. The van der Waals surface area contributed by atoms with Gasteiger partial charge in [-0.1, -0.05) is 37.1 Å². The van der Waals surface area contributed by atoms with Crippen LogP contribution >= 0.6 is 11.6 Å². The van der Waals surface area contributed by atoms with Gasteiger partial charge in [0.25, 0.3) is 0 Å². The highest BCUT2D eigenvalue weighted by Gasteiger charge is 2.08. The Morgan fingerprint density at radius 1 is 1.22 bits per heavy atom. The van der Waals surface area contributed by atoms with E-state index in [1.165, 1.54) is 11.9 Å². The van der Waals surface area contributed by atoms with E-state index in [1.54, 1.807) is 0 Å². The fourth-order valence-electron chi connectivity index (χ4n) is 1.57. The van der Waals surface area contributed by atoms with E-state index in [1.807, 2.05) is 24.3 Å². The van der Waals surface area contributed by atoms with Crippen molar-refractivity contribution in [1.29, 1.82) is 0 Å². The van der Waals surface area contributed by atoms with Crippen LogP contribution < -0.4 is 10.5 Å². The molecule has 0 amide bonds. The number of benzene rings is 1. The zero-order chi connectivity index (χ0) is 13.0. The third kappa shape index (κ3) is 2.90. The number of anilines is 1. The third-order valence-corrected chi connectivity index (χ3v) is 2.78. The lowest BCUT2D eigenvalue weighted by Gasteiger charge is -2.08. The Kier molecular flexibility index (Phi) is 3.99. The van der Waals surface area contributed by atoms with Gasteiger partial charge in [-0.15, -0.1) is 0 Å². The minimum Gasteiger partial charge on any atom is -0.437 e. The normalized spacial score (nSPS) is 10.3. The van der Waals surface area contributed by atoms with E-state index in [0.717, 1.165) is 12.8 Å². The molecular weight excluding hydrogens is 250 g/mol. The molecule has 0 aliphatic carbocycles. The average Bonchev–Trinajstić information content (AvgIpc) is 2.38. The summed E-state index contributed by atoms with van der Waals surface area (Å²) in [6, 6.07) is 7.83.